The van der Waals surface area contributed by atoms with Crippen LogP contribution in [0.25, 0.3) is 21.4 Å². The number of halogens is 1. The monoisotopic (exact) mass is 477 g/mol. The number of Topliss-reactive ketones (excluding diaryl/α,β-unsaturated/α-hetero) is 1. The Kier molecular flexibility index (Phi) is 6.26. The summed E-state index contributed by atoms with van der Waals surface area (Å²) in [6.45, 7) is 2.97. The number of piperidine rings is 1. The van der Waals surface area contributed by atoms with Gasteiger partial charge in [0.05, 0.1) is 21.7 Å². The van der Waals surface area contributed by atoms with Crippen LogP contribution in [0.5, 0.6) is 0 Å². The molecule has 1 saturated heterocycles. The summed E-state index contributed by atoms with van der Waals surface area (Å²) in [5.41, 5.74) is 2.48. The van der Waals surface area contributed by atoms with Crippen molar-refractivity contribution in [2.24, 2.45) is 5.92 Å². The molecule has 0 spiro atoms. The van der Waals surface area contributed by atoms with E-state index < -0.39 is 0 Å². The van der Waals surface area contributed by atoms with Crippen molar-refractivity contribution in [3.05, 3.63) is 76.9 Å². The van der Waals surface area contributed by atoms with E-state index in [2.05, 4.69) is 15.6 Å². The summed E-state index contributed by atoms with van der Waals surface area (Å²) in [5, 5.41) is 7.97. The van der Waals surface area contributed by atoms with Crippen LogP contribution in [-0.2, 0) is 0 Å². The van der Waals surface area contributed by atoms with Crippen LogP contribution in [0.1, 0.15) is 38.7 Å². The second kappa shape index (κ2) is 9.48. The highest BCUT2D eigenvalue weighted by Crippen LogP contribution is 2.33. The van der Waals surface area contributed by atoms with Gasteiger partial charge in [-0.3, -0.25) is 9.59 Å². The zero-order chi connectivity index (χ0) is 23.7. The Morgan fingerprint density at radius 3 is 2.85 bits per heavy atom. The Labute approximate surface area is 200 Å². The lowest BCUT2D eigenvalue weighted by Gasteiger charge is -2.29. The minimum absolute atomic E-state index is 0.00432. The molecule has 34 heavy (non-hydrogen) atoms. The van der Waals surface area contributed by atoms with Gasteiger partial charge in [0.2, 0.25) is 0 Å². The standard InChI is InChI=1S/C26H24FN3O3S/c1-15-30-23(25(34-15)16-5-7-18(27)8-6-16)24(31)17-9-11-28-19(13-17)14-29-26(32)21-3-2-4-22-20(21)10-12-33-22/h2-8,10,12,17,19,28H,9,11,13-14H2,1H3,(H,29,32)/t17?,19-/m0/s1. The summed E-state index contributed by atoms with van der Waals surface area (Å²) in [4.78, 5) is 31.5. The fourth-order valence-corrected chi connectivity index (χ4v) is 5.42. The molecule has 5 rings (SSSR count). The minimum atomic E-state index is -0.315. The first-order valence-corrected chi connectivity index (χ1v) is 12.1. The van der Waals surface area contributed by atoms with Gasteiger partial charge < -0.3 is 15.1 Å². The number of hydrogen-bond acceptors (Lipinski definition) is 6. The van der Waals surface area contributed by atoms with Crippen molar-refractivity contribution < 1.29 is 18.4 Å². The first-order valence-electron chi connectivity index (χ1n) is 11.2. The SMILES string of the molecule is Cc1nc(C(=O)C2CCN[C@H](CNC(=O)c3cccc4occc34)C2)c(-c2ccc(F)cc2)s1. The second-order valence-electron chi connectivity index (χ2n) is 8.50. The van der Waals surface area contributed by atoms with Crippen LogP contribution in [0.4, 0.5) is 4.39 Å². The summed E-state index contributed by atoms with van der Waals surface area (Å²) in [5.74, 6) is -0.674. The maximum Gasteiger partial charge on any atom is 0.252 e. The van der Waals surface area contributed by atoms with Gasteiger partial charge in [0.15, 0.2) is 5.78 Å². The van der Waals surface area contributed by atoms with Gasteiger partial charge >= 0.3 is 0 Å². The third kappa shape index (κ3) is 4.51. The third-order valence-electron chi connectivity index (χ3n) is 6.19. The van der Waals surface area contributed by atoms with E-state index in [1.807, 2.05) is 13.0 Å². The molecule has 2 N–H and O–H groups in total. The summed E-state index contributed by atoms with van der Waals surface area (Å²) < 4.78 is 18.8. The molecule has 6 nitrogen and oxygen atoms in total. The molecule has 0 bridgehead atoms. The molecule has 0 saturated carbocycles. The quantitative estimate of drug-likeness (QED) is 0.383. The van der Waals surface area contributed by atoms with Crippen LogP contribution in [0.15, 0.2) is 59.2 Å². The predicted molar refractivity (Wildman–Crippen MR) is 130 cm³/mol. The van der Waals surface area contributed by atoms with Gasteiger partial charge in [-0.05, 0) is 62.2 Å². The zero-order valence-corrected chi connectivity index (χ0v) is 19.5. The minimum Gasteiger partial charge on any atom is -0.464 e. The summed E-state index contributed by atoms with van der Waals surface area (Å²) in [7, 11) is 0. The van der Waals surface area contributed by atoms with Crippen molar-refractivity contribution in [1.82, 2.24) is 15.6 Å². The van der Waals surface area contributed by atoms with Crippen LogP contribution in [0, 0.1) is 18.7 Å². The van der Waals surface area contributed by atoms with Crippen LogP contribution in [-0.4, -0.2) is 35.8 Å². The molecule has 0 radical (unpaired) electrons. The topological polar surface area (TPSA) is 84.2 Å². The molecule has 1 amide bonds. The molecule has 2 aromatic heterocycles. The lowest BCUT2D eigenvalue weighted by molar-refractivity contribution is 0.0870. The number of aryl methyl sites for hydroxylation is 1. The van der Waals surface area contributed by atoms with Gasteiger partial charge in [-0.25, -0.2) is 9.37 Å². The van der Waals surface area contributed by atoms with Crippen molar-refractivity contribution in [1.29, 1.82) is 0 Å². The normalized spacial score (nSPS) is 18.2. The van der Waals surface area contributed by atoms with Gasteiger partial charge in [-0.15, -0.1) is 11.3 Å². The molecule has 1 aliphatic heterocycles. The zero-order valence-electron chi connectivity index (χ0n) is 18.6. The number of amides is 1. The lowest BCUT2D eigenvalue weighted by Crippen LogP contribution is -2.47. The van der Waals surface area contributed by atoms with Gasteiger partial charge in [0, 0.05) is 23.9 Å². The van der Waals surface area contributed by atoms with Crippen LogP contribution in [0.2, 0.25) is 0 Å². The molecule has 1 aliphatic rings. The molecule has 2 atom stereocenters. The second-order valence-corrected chi connectivity index (χ2v) is 9.71. The number of fused-ring (bicyclic) bond motifs is 1. The van der Waals surface area contributed by atoms with Gasteiger partial charge in [-0.2, -0.15) is 0 Å². The Morgan fingerprint density at radius 1 is 1.21 bits per heavy atom. The number of nitrogens with zero attached hydrogens (tertiary/aromatic N) is 1. The smallest absolute Gasteiger partial charge is 0.252 e. The number of thiazole rings is 1. The van der Waals surface area contributed by atoms with Crippen molar-refractivity contribution >= 4 is 34.0 Å². The molecule has 0 aliphatic carbocycles. The highest BCUT2D eigenvalue weighted by molar-refractivity contribution is 7.15. The average Bonchev–Trinajstić information content (AvgIpc) is 3.49. The number of nitrogens with one attached hydrogen (secondary N) is 2. The number of ketones is 1. The van der Waals surface area contributed by atoms with Gasteiger partial charge in [0.1, 0.15) is 17.1 Å². The highest BCUT2D eigenvalue weighted by atomic mass is 32.1. The van der Waals surface area contributed by atoms with Crippen molar-refractivity contribution in [2.75, 3.05) is 13.1 Å². The van der Waals surface area contributed by atoms with Crippen molar-refractivity contribution in [3.63, 3.8) is 0 Å². The highest BCUT2D eigenvalue weighted by Gasteiger charge is 2.31. The van der Waals surface area contributed by atoms with E-state index >= 15 is 0 Å². The number of furan rings is 1. The molecule has 4 aromatic rings. The number of hydrogen-bond donors (Lipinski definition) is 2. The Hall–Kier alpha value is -3.36. The maximum atomic E-state index is 13.4. The Bertz CT molecular complexity index is 1350. The average molecular weight is 478 g/mol. The van der Waals surface area contributed by atoms with Crippen LogP contribution >= 0.6 is 11.3 Å². The van der Waals surface area contributed by atoms with Gasteiger partial charge in [-0.1, -0.05) is 18.2 Å². The number of carbonyl (C=O) groups is 2. The molecule has 1 unspecified atom stereocenters. The molecule has 8 heteroatoms. The van der Waals surface area contributed by atoms with Crippen molar-refractivity contribution in [2.45, 2.75) is 25.8 Å². The van der Waals surface area contributed by atoms with E-state index in [0.29, 0.717) is 42.8 Å². The fraction of sp³-hybridized carbons (Fsp3) is 0.269. The number of benzene rings is 2. The summed E-state index contributed by atoms with van der Waals surface area (Å²) >= 11 is 1.45. The largest absolute Gasteiger partial charge is 0.464 e. The van der Waals surface area contributed by atoms with Crippen LogP contribution < -0.4 is 10.6 Å². The first kappa shape index (κ1) is 22.4. The Morgan fingerprint density at radius 2 is 2.03 bits per heavy atom. The van der Waals surface area contributed by atoms with E-state index in [1.165, 1.54) is 23.5 Å². The molecule has 3 heterocycles. The van der Waals surface area contributed by atoms with E-state index in [4.69, 9.17) is 4.42 Å². The predicted octanol–water partition coefficient (Wildman–Crippen LogP) is 4.98. The van der Waals surface area contributed by atoms with Crippen LogP contribution in [0.3, 0.4) is 0 Å². The van der Waals surface area contributed by atoms with E-state index in [9.17, 15) is 14.0 Å². The van der Waals surface area contributed by atoms with E-state index in [-0.39, 0.29) is 29.5 Å². The van der Waals surface area contributed by atoms with Gasteiger partial charge in [0.25, 0.3) is 5.91 Å². The van der Waals surface area contributed by atoms with Crippen molar-refractivity contribution in [3.8, 4) is 10.4 Å². The number of rotatable bonds is 6. The summed E-state index contributed by atoms with van der Waals surface area (Å²) in [6, 6.07) is 13.3. The van der Waals surface area contributed by atoms with E-state index in [1.54, 1.807) is 36.6 Å². The molecular formula is C26H24FN3O3S. The number of aromatic nitrogens is 1. The van der Waals surface area contributed by atoms with E-state index in [0.717, 1.165) is 20.8 Å². The molecule has 174 valence electrons. The summed E-state index contributed by atoms with van der Waals surface area (Å²) in [6.07, 6.45) is 2.88. The third-order valence-corrected chi connectivity index (χ3v) is 7.21. The Balaban J connectivity index is 1.27. The maximum absolute atomic E-state index is 13.4. The molecule has 1 fully saturated rings. The molecular weight excluding hydrogens is 453 g/mol. The first-order chi connectivity index (χ1) is 16.5. The molecule has 2 aromatic carbocycles. The lowest BCUT2D eigenvalue weighted by atomic mass is 9.87. The fourth-order valence-electron chi connectivity index (χ4n) is 4.49. The number of carbonyl (C=O) groups excluding carboxylic acids is 2.